The standard InChI is InChI=1S/C15H15FN2O/c16-12-7-4-8-13(14(12)15(17)18)19-10-9-11-5-2-1-3-6-11/h1-8H,9-10H2,(H3,17,18). The molecule has 98 valence electrons. The third kappa shape index (κ3) is 3.31. The molecule has 0 amide bonds. The van der Waals surface area contributed by atoms with Gasteiger partial charge >= 0.3 is 0 Å². The first-order valence-electron chi connectivity index (χ1n) is 5.98. The first-order valence-corrected chi connectivity index (χ1v) is 5.98. The summed E-state index contributed by atoms with van der Waals surface area (Å²) in [5, 5.41) is 7.37. The fraction of sp³-hybridized carbons (Fsp3) is 0.133. The van der Waals surface area contributed by atoms with Crippen LogP contribution >= 0.6 is 0 Å². The Kier molecular flexibility index (Phi) is 4.13. The van der Waals surface area contributed by atoms with E-state index < -0.39 is 5.82 Å². The van der Waals surface area contributed by atoms with Gasteiger partial charge in [0.15, 0.2) is 0 Å². The predicted molar refractivity (Wildman–Crippen MR) is 73.1 cm³/mol. The van der Waals surface area contributed by atoms with Crippen molar-refractivity contribution in [3.63, 3.8) is 0 Å². The highest BCUT2D eigenvalue weighted by Crippen LogP contribution is 2.21. The number of nitrogens with two attached hydrogens (primary N) is 1. The maximum absolute atomic E-state index is 13.6. The van der Waals surface area contributed by atoms with Crippen LogP contribution in [-0.4, -0.2) is 12.4 Å². The van der Waals surface area contributed by atoms with Crippen molar-refractivity contribution in [2.45, 2.75) is 6.42 Å². The molecule has 0 spiro atoms. The number of ether oxygens (including phenoxy) is 1. The summed E-state index contributed by atoms with van der Waals surface area (Å²) in [5.74, 6) is -0.555. The average molecular weight is 258 g/mol. The largest absolute Gasteiger partial charge is 0.492 e. The van der Waals surface area contributed by atoms with Crippen molar-refractivity contribution in [3.8, 4) is 5.75 Å². The van der Waals surface area contributed by atoms with E-state index in [1.807, 2.05) is 30.3 Å². The summed E-state index contributed by atoms with van der Waals surface area (Å²) in [6.07, 6.45) is 0.717. The van der Waals surface area contributed by atoms with Crippen LogP contribution in [0.1, 0.15) is 11.1 Å². The monoisotopic (exact) mass is 258 g/mol. The number of nitrogen functional groups attached to an aromatic ring is 1. The molecule has 0 saturated carbocycles. The molecule has 2 aromatic rings. The van der Waals surface area contributed by atoms with E-state index in [4.69, 9.17) is 15.9 Å². The van der Waals surface area contributed by atoms with Gasteiger partial charge in [-0.25, -0.2) is 4.39 Å². The van der Waals surface area contributed by atoms with Gasteiger partial charge in [-0.15, -0.1) is 0 Å². The summed E-state index contributed by atoms with van der Waals surface area (Å²) in [6, 6.07) is 14.3. The van der Waals surface area contributed by atoms with E-state index in [1.165, 1.54) is 6.07 Å². The molecule has 0 fully saturated rings. The van der Waals surface area contributed by atoms with Crippen LogP contribution in [0.15, 0.2) is 48.5 Å². The fourth-order valence-corrected chi connectivity index (χ4v) is 1.81. The second-order valence-electron chi connectivity index (χ2n) is 4.11. The first kappa shape index (κ1) is 13.1. The molecule has 3 N–H and O–H groups in total. The van der Waals surface area contributed by atoms with Crippen LogP contribution in [0.3, 0.4) is 0 Å². The van der Waals surface area contributed by atoms with Crippen molar-refractivity contribution in [1.82, 2.24) is 0 Å². The van der Waals surface area contributed by atoms with Crippen LogP contribution in [0.5, 0.6) is 5.75 Å². The minimum absolute atomic E-state index is 0.0237. The van der Waals surface area contributed by atoms with Crippen LogP contribution in [0.2, 0.25) is 0 Å². The molecule has 0 aliphatic rings. The molecule has 0 radical (unpaired) electrons. The number of nitrogens with one attached hydrogen (secondary N) is 1. The molecule has 3 nitrogen and oxygen atoms in total. The van der Waals surface area contributed by atoms with Crippen molar-refractivity contribution < 1.29 is 9.13 Å². The second-order valence-corrected chi connectivity index (χ2v) is 4.11. The zero-order valence-electron chi connectivity index (χ0n) is 10.4. The van der Waals surface area contributed by atoms with Crippen molar-refractivity contribution in [2.24, 2.45) is 5.73 Å². The van der Waals surface area contributed by atoms with Gasteiger partial charge in [-0.05, 0) is 17.7 Å². The number of amidine groups is 1. The quantitative estimate of drug-likeness (QED) is 0.640. The molecule has 0 aliphatic carbocycles. The van der Waals surface area contributed by atoms with Gasteiger partial charge in [-0.3, -0.25) is 5.41 Å². The lowest BCUT2D eigenvalue weighted by Crippen LogP contribution is -2.16. The molecule has 0 unspecified atom stereocenters. The topological polar surface area (TPSA) is 59.1 Å². The van der Waals surface area contributed by atoms with Crippen LogP contribution in [0, 0.1) is 11.2 Å². The molecule has 4 heteroatoms. The van der Waals surface area contributed by atoms with E-state index in [-0.39, 0.29) is 11.4 Å². The summed E-state index contributed by atoms with van der Waals surface area (Å²) < 4.78 is 19.1. The number of halogens is 1. The lowest BCUT2D eigenvalue weighted by molar-refractivity contribution is 0.319. The molecule has 0 saturated heterocycles. The SMILES string of the molecule is N=C(N)c1c(F)cccc1OCCc1ccccc1. The summed E-state index contributed by atoms with van der Waals surface area (Å²) in [7, 11) is 0. The number of rotatable bonds is 5. The molecule has 0 atom stereocenters. The Bertz CT molecular complexity index is 570. The second kappa shape index (κ2) is 6.00. The van der Waals surface area contributed by atoms with Gasteiger partial charge in [0, 0.05) is 6.42 Å². The van der Waals surface area contributed by atoms with Gasteiger partial charge in [0.2, 0.25) is 0 Å². The molecule has 0 heterocycles. The average Bonchev–Trinajstić information content (AvgIpc) is 2.39. The predicted octanol–water partition coefficient (Wildman–Crippen LogP) is 2.73. The van der Waals surface area contributed by atoms with Crippen LogP contribution in [0.25, 0.3) is 0 Å². The Hall–Kier alpha value is -2.36. The smallest absolute Gasteiger partial charge is 0.137 e. The lowest BCUT2D eigenvalue weighted by Gasteiger charge is -2.11. The Balaban J connectivity index is 2.04. The minimum atomic E-state index is -0.537. The highest BCUT2D eigenvalue weighted by molar-refractivity contribution is 5.97. The third-order valence-corrected chi connectivity index (χ3v) is 2.74. The Labute approximate surface area is 111 Å². The molecule has 0 bridgehead atoms. The summed E-state index contributed by atoms with van der Waals surface area (Å²) in [5.41, 5.74) is 6.53. The summed E-state index contributed by atoms with van der Waals surface area (Å²) in [4.78, 5) is 0. The van der Waals surface area contributed by atoms with E-state index in [9.17, 15) is 4.39 Å². The van der Waals surface area contributed by atoms with Crippen LogP contribution in [0.4, 0.5) is 4.39 Å². The van der Waals surface area contributed by atoms with Gasteiger partial charge in [-0.2, -0.15) is 0 Å². The molecule has 19 heavy (non-hydrogen) atoms. The van der Waals surface area contributed by atoms with E-state index >= 15 is 0 Å². The molecule has 2 aromatic carbocycles. The van der Waals surface area contributed by atoms with Crippen molar-refractivity contribution in [2.75, 3.05) is 6.61 Å². The Morgan fingerprint density at radius 2 is 1.84 bits per heavy atom. The molecule has 0 aliphatic heterocycles. The van der Waals surface area contributed by atoms with Gasteiger partial charge in [0.25, 0.3) is 0 Å². The highest BCUT2D eigenvalue weighted by atomic mass is 19.1. The molecular formula is C15H15FN2O. The van der Waals surface area contributed by atoms with Crippen molar-refractivity contribution in [3.05, 3.63) is 65.5 Å². The van der Waals surface area contributed by atoms with E-state index in [2.05, 4.69) is 0 Å². The van der Waals surface area contributed by atoms with Crippen molar-refractivity contribution >= 4 is 5.84 Å². The summed E-state index contributed by atoms with van der Waals surface area (Å²) >= 11 is 0. The molecule has 2 rings (SSSR count). The van der Waals surface area contributed by atoms with Crippen LogP contribution in [-0.2, 0) is 6.42 Å². The fourth-order valence-electron chi connectivity index (χ4n) is 1.81. The lowest BCUT2D eigenvalue weighted by atomic mass is 10.1. The van der Waals surface area contributed by atoms with Gasteiger partial charge in [0.1, 0.15) is 17.4 Å². The Morgan fingerprint density at radius 1 is 1.11 bits per heavy atom. The van der Waals surface area contributed by atoms with Gasteiger partial charge in [0.05, 0.1) is 12.2 Å². The minimum Gasteiger partial charge on any atom is -0.492 e. The maximum atomic E-state index is 13.6. The zero-order chi connectivity index (χ0) is 13.7. The normalized spacial score (nSPS) is 10.2. The van der Waals surface area contributed by atoms with Gasteiger partial charge < -0.3 is 10.5 Å². The first-order chi connectivity index (χ1) is 9.18. The van der Waals surface area contributed by atoms with E-state index in [0.717, 1.165) is 5.56 Å². The van der Waals surface area contributed by atoms with E-state index in [1.54, 1.807) is 12.1 Å². The van der Waals surface area contributed by atoms with Gasteiger partial charge in [-0.1, -0.05) is 36.4 Å². The van der Waals surface area contributed by atoms with E-state index in [0.29, 0.717) is 18.8 Å². The number of benzene rings is 2. The third-order valence-electron chi connectivity index (χ3n) is 2.74. The molecule has 0 aromatic heterocycles. The Morgan fingerprint density at radius 3 is 2.53 bits per heavy atom. The zero-order valence-corrected chi connectivity index (χ0v) is 10.4. The maximum Gasteiger partial charge on any atom is 0.137 e. The number of hydrogen-bond donors (Lipinski definition) is 2. The summed E-state index contributed by atoms with van der Waals surface area (Å²) in [6.45, 7) is 0.410. The number of hydrogen-bond acceptors (Lipinski definition) is 2. The highest BCUT2D eigenvalue weighted by Gasteiger charge is 2.12. The van der Waals surface area contributed by atoms with Crippen LogP contribution < -0.4 is 10.5 Å². The molecular weight excluding hydrogens is 243 g/mol. The van der Waals surface area contributed by atoms with Crippen molar-refractivity contribution in [1.29, 1.82) is 5.41 Å².